The summed E-state index contributed by atoms with van der Waals surface area (Å²) in [5.41, 5.74) is 0. The van der Waals surface area contributed by atoms with Gasteiger partial charge in [0.25, 0.3) is 0 Å². The van der Waals surface area contributed by atoms with Gasteiger partial charge in [-0.2, -0.15) is 0 Å². The van der Waals surface area contributed by atoms with Crippen molar-refractivity contribution in [3.05, 3.63) is 0 Å². The molecule has 1 N–H and O–H groups in total. The molecule has 94 valence electrons. The van der Waals surface area contributed by atoms with E-state index in [2.05, 4.69) is 5.32 Å². The molecular formula is C10H17Cl3N2O. The first kappa shape index (κ1) is 14.4. The molecule has 1 aliphatic heterocycles. The van der Waals surface area contributed by atoms with E-state index in [1.165, 1.54) is 0 Å². The molecule has 0 spiro atoms. The van der Waals surface area contributed by atoms with Crippen LogP contribution in [0.25, 0.3) is 0 Å². The molecule has 1 aliphatic rings. The zero-order valence-electron chi connectivity index (χ0n) is 9.47. The second-order valence-corrected chi connectivity index (χ2v) is 6.72. The second-order valence-electron chi connectivity index (χ2n) is 4.35. The van der Waals surface area contributed by atoms with Crippen LogP contribution < -0.4 is 5.32 Å². The highest BCUT2D eigenvalue weighted by Crippen LogP contribution is 2.33. The van der Waals surface area contributed by atoms with Gasteiger partial charge >= 0.3 is 0 Å². The van der Waals surface area contributed by atoms with Crippen LogP contribution in [-0.4, -0.2) is 33.9 Å². The largest absolute Gasteiger partial charge is 0.336 e. The topological polar surface area (TPSA) is 32.3 Å². The molecule has 0 bridgehead atoms. The summed E-state index contributed by atoms with van der Waals surface area (Å²) in [4.78, 5) is 13.7. The number of carbonyl (C=O) groups excluding carboxylic acids is 1. The summed E-state index contributed by atoms with van der Waals surface area (Å²) in [7, 11) is 0. The highest BCUT2D eigenvalue weighted by molar-refractivity contribution is 6.68. The Morgan fingerprint density at radius 3 is 2.12 bits per heavy atom. The molecule has 1 heterocycles. The van der Waals surface area contributed by atoms with Crippen molar-refractivity contribution in [2.75, 3.05) is 13.1 Å². The van der Waals surface area contributed by atoms with E-state index in [0.29, 0.717) is 0 Å². The molecule has 0 aliphatic carbocycles. The monoisotopic (exact) mass is 286 g/mol. The van der Waals surface area contributed by atoms with Gasteiger partial charge in [-0.05, 0) is 12.8 Å². The smallest absolute Gasteiger partial charge is 0.223 e. The number of rotatable bonds is 3. The predicted molar refractivity (Wildman–Crippen MR) is 67.9 cm³/mol. The van der Waals surface area contributed by atoms with Crippen LogP contribution in [0.15, 0.2) is 0 Å². The summed E-state index contributed by atoms with van der Waals surface area (Å²) in [6.07, 6.45) is 1.62. The number of alkyl halides is 3. The Morgan fingerprint density at radius 1 is 1.25 bits per heavy atom. The Balaban J connectivity index is 2.68. The quantitative estimate of drug-likeness (QED) is 0.809. The molecule has 1 saturated heterocycles. The van der Waals surface area contributed by atoms with Crippen LogP contribution in [-0.2, 0) is 4.79 Å². The lowest BCUT2D eigenvalue weighted by Crippen LogP contribution is -2.55. The van der Waals surface area contributed by atoms with E-state index in [0.717, 1.165) is 25.9 Å². The van der Waals surface area contributed by atoms with Crippen molar-refractivity contribution in [1.29, 1.82) is 0 Å². The van der Waals surface area contributed by atoms with Gasteiger partial charge in [0.05, 0.1) is 0 Å². The van der Waals surface area contributed by atoms with Crippen molar-refractivity contribution in [3.8, 4) is 0 Å². The fraction of sp³-hybridized carbons (Fsp3) is 0.900. The molecule has 0 radical (unpaired) electrons. The van der Waals surface area contributed by atoms with Gasteiger partial charge in [-0.25, -0.2) is 0 Å². The van der Waals surface area contributed by atoms with Gasteiger partial charge < -0.3 is 5.32 Å². The number of nitrogens with zero attached hydrogens (tertiary/aromatic N) is 1. The SMILES string of the molecule is CC(C)C(=O)N[C@@H](N1CCCC1)C(Cl)(Cl)Cl. The van der Waals surface area contributed by atoms with Crippen LogP contribution in [0, 0.1) is 5.92 Å². The molecular weight excluding hydrogens is 270 g/mol. The first-order valence-corrected chi connectivity index (χ1v) is 6.57. The van der Waals surface area contributed by atoms with Crippen molar-refractivity contribution in [1.82, 2.24) is 10.2 Å². The maximum absolute atomic E-state index is 11.6. The third-order valence-electron chi connectivity index (χ3n) is 2.62. The van der Waals surface area contributed by atoms with Gasteiger partial charge in [0.2, 0.25) is 9.70 Å². The van der Waals surface area contributed by atoms with Crippen LogP contribution in [0.2, 0.25) is 0 Å². The van der Waals surface area contributed by atoms with Crippen molar-refractivity contribution in [3.63, 3.8) is 0 Å². The zero-order valence-corrected chi connectivity index (χ0v) is 11.7. The van der Waals surface area contributed by atoms with Gasteiger partial charge in [-0.1, -0.05) is 48.7 Å². The Morgan fingerprint density at radius 2 is 1.75 bits per heavy atom. The number of hydrogen-bond donors (Lipinski definition) is 1. The lowest BCUT2D eigenvalue weighted by atomic mass is 10.2. The maximum atomic E-state index is 11.6. The maximum Gasteiger partial charge on any atom is 0.223 e. The van der Waals surface area contributed by atoms with Gasteiger partial charge in [-0.3, -0.25) is 9.69 Å². The van der Waals surface area contributed by atoms with Gasteiger partial charge in [-0.15, -0.1) is 0 Å². The normalized spacial score (nSPS) is 20.1. The van der Waals surface area contributed by atoms with Crippen LogP contribution >= 0.6 is 34.8 Å². The minimum atomic E-state index is -1.49. The van der Waals surface area contributed by atoms with Crippen LogP contribution in [0.3, 0.4) is 0 Å². The number of halogens is 3. The average Bonchev–Trinajstić information content (AvgIpc) is 2.63. The molecule has 1 amide bonds. The van der Waals surface area contributed by atoms with Crippen LogP contribution in [0.4, 0.5) is 0 Å². The van der Waals surface area contributed by atoms with Crippen molar-refractivity contribution >= 4 is 40.7 Å². The molecule has 0 aromatic heterocycles. The highest BCUT2D eigenvalue weighted by Gasteiger charge is 2.39. The van der Waals surface area contributed by atoms with Gasteiger partial charge in [0.15, 0.2) is 0 Å². The summed E-state index contributed by atoms with van der Waals surface area (Å²) in [5, 5.41) is 2.79. The molecule has 0 unspecified atom stereocenters. The minimum Gasteiger partial charge on any atom is -0.336 e. The van der Waals surface area contributed by atoms with E-state index in [1.807, 2.05) is 18.7 Å². The van der Waals surface area contributed by atoms with E-state index < -0.39 is 9.96 Å². The number of amides is 1. The zero-order chi connectivity index (χ0) is 12.3. The highest BCUT2D eigenvalue weighted by atomic mass is 35.6. The Bertz CT molecular complexity index is 247. The van der Waals surface area contributed by atoms with Crippen molar-refractivity contribution < 1.29 is 4.79 Å². The molecule has 0 saturated carbocycles. The first-order chi connectivity index (χ1) is 7.32. The lowest BCUT2D eigenvalue weighted by molar-refractivity contribution is -0.125. The average molecular weight is 288 g/mol. The summed E-state index contributed by atoms with van der Waals surface area (Å²) in [5.74, 6) is -0.208. The summed E-state index contributed by atoms with van der Waals surface area (Å²) < 4.78 is -1.49. The molecule has 1 atom stereocenters. The van der Waals surface area contributed by atoms with E-state index in [1.54, 1.807) is 0 Å². The van der Waals surface area contributed by atoms with E-state index in [9.17, 15) is 4.79 Å². The molecule has 0 aromatic carbocycles. The Hall–Kier alpha value is 0.300. The fourth-order valence-electron chi connectivity index (χ4n) is 1.68. The summed E-state index contributed by atoms with van der Waals surface area (Å²) >= 11 is 17.7. The van der Waals surface area contributed by atoms with Gasteiger partial charge in [0.1, 0.15) is 6.17 Å². The molecule has 1 rings (SSSR count). The Kier molecular flexibility index (Phi) is 5.17. The minimum absolute atomic E-state index is 0.0942. The van der Waals surface area contributed by atoms with Crippen molar-refractivity contribution in [2.45, 2.75) is 36.6 Å². The van der Waals surface area contributed by atoms with E-state index in [4.69, 9.17) is 34.8 Å². The number of nitrogens with one attached hydrogen (secondary N) is 1. The van der Waals surface area contributed by atoms with E-state index in [-0.39, 0.29) is 11.8 Å². The van der Waals surface area contributed by atoms with Gasteiger partial charge in [0, 0.05) is 19.0 Å². The van der Waals surface area contributed by atoms with Crippen LogP contribution in [0.5, 0.6) is 0 Å². The van der Waals surface area contributed by atoms with Crippen molar-refractivity contribution in [2.24, 2.45) is 5.92 Å². The third kappa shape index (κ3) is 3.95. The second kappa shape index (κ2) is 5.76. The Labute approximate surface area is 111 Å². The number of carbonyl (C=O) groups is 1. The number of likely N-dealkylation sites (tertiary alicyclic amines) is 1. The summed E-state index contributed by atoms with van der Waals surface area (Å²) in [6.45, 7) is 5.34. The standard InChI is InChI=1S/C10H17Cl3N2O/c1-7(2)8(16)14-9(10(11,12)13)15-5-3-4-6-15/h7,9H,3-6H2,1-2H3,(H,14,16)/t9-/m0/s1. The first-order valence-electron chi connectivity index (χ1n) is 5.43. The molecule has 16 heavy (non-hydrogen) atoms. The molecule has 3 nitrogen and oxygen atoms in total. The van der Waals surface area contributed by atoms with E-state index >= 15 is 0 Å². The number of hydrogen-bond acceptors (Lipinski definition) is 2. The molecule has 6 heteroatoms. The predicted octanol–water partition coefficient (Wildman–Crippen LogP) is 2.55. The fourth-order valence-corrected chi connectivity index (χ4v) is 2.26. The summed E-state index contributed by atoms with van der Waals surface area (Å²) in [6, 6.07) is 0. The third-order valence-corrected chi connectivity index (χ3v) is 3.24. The molecule has 0 aromatic rings. The lowest BCUT2D eigenvalue weighted by Gasteiger charge is -2.33. The molecule has 1 fully saturated rings. The van der Waals surface area contributed by atoms with Crippen LogP contribution in [0.1, 0.15) is 26.7 Å².